The first-order valence-electron chi connectivity index (χ1n) is 3.94. The van der Waals surface area contributed by atoms with Crippen LogP contribution in [0.15, 0.2) is 25.4 Å². The van der Waals surface area contributed by atoms with Crippen molar-refractivity contribution < 1.29 is 0 Å². The molecule has 0 bridgehead atoms. The highest BCUT2D eigenvalue weighted by molar-refractivity contribution is 9.10. The minimum atomic E-state index is 0.892. The van der Waals surface area contributed by atoms with Crippen LogP contribution in [0.5, 0.6) is 0 Å². The summed E-state index contributed by atoms with van der Waals surface area (Å²) >= 11 is 6.59. The van der Waals surface area contributed by atoms with Crippen molar-refractivity contribution >= 4 is 39.0 Å². The van der Waals surface area contributed by atoms with Gasteiger partial charge in [-0.15, -0.1) is 11.3 Å². The number of hydrogen-bond donors (Lipinski definition) is 0. The molecule has 0 unspecified atom stereocenters. The molecule has 0 aliphatic rings. The van der Waals surface area contributed by atoms with Crippen LogP contribution in [0.2, 0.25) is 0 Å². The largest absolute Gasteiger partial charge is 0.261 e. The Hall–Kier alpha value is -0.330. The predicted molar refractivity (Wildman–Crippen MR) is 61.9 cm³/mol. The highest BCUT2D eigenvalue weighted by Crippen LogP contribution is 2.31. The van der Waals surface area contributed by atoms with E-state index in [-0.39, 0.29) is 0 Å². The van der Waals surface area contributed by atoms with Gasteiger partial charge in [-0.1, -0.05) is 0 Å². The van der Waals surface area contributed by atoms with E-state index in [1.54, 1.807) is 23.1 Å². The Kier molecular flexibility index (Phi) is 2.94. The molecule has 3 nitrogen and oxygen atoms in total. The average Bonchev–Trinajstić information content (AvgIpc) is 2.61. The average molecular weight is 290 g/mol. The number of hydrogen-bond acceptors (Lipinski definition) is 4. The molecule has 0 fully saturated rings. The molecule has 2 heterocycles. The number of nitrogens with zero attached hydrogens (tertiary/aromatic N) is 3. The molecule has 0 radical (unpaired) electrons. The second kappa shape index (κ2) is 4.04. The third-order valence-electron chi connectivity index (χ3n) is 1.61. The maximum absolute atomic E-state index is 4.31. The molecule has 0 spiro atoms. The smallest absolute Gasteiger partial charge is 0.157 e. The summed E-state index contributed by atoms with van der Waals surface area (Å²) < 4.78 is 3.79. The maximum Gasteiger partial charge on any atom is 0.157 e. The molecular formula is C8H8BrN3S2. The van der Waals surface area contributed by atoms with Crippen molar-refractivity contribution in [2.45, 2.75) is 16.3 Å². The summed E-state index contributed by atoms with van der Waals surface area (Å²) in [6.07, 6.45) is 0. The molecule has 0 aliphatic carbocycles. The molecule has 0 N–H and O–H groups in total. The topological polar surface area (TPSA) is 30.7 Å². The molecule has 0 atom stereocenters. The Morgan fingerprint density at radius 1 is 1.57 bits per heavy atom. The summed E-state index contributed by atoms with van der Waals surface area (Å²) in [6.45, 7) is 1.99. The SMILES string of the molecule is Cc1cc(Sc2nc(Br)cs2)n(C)n1. The summed E-state index contributed by atoms with van der Waals surface area (Å²) in [5, 5.41) is 7.37. The quantitative estimate of drug-likeness (QED) is 0.851. The fourth-order valence-corrected chi connectivity index (χ4v) is 3.47. The van der Waals surface area contributed by atoms with E-state index in [9.17, 15) is 0 Å². The van der Waals surface area contributed by atoms with Crippen molar-refractivity contribution in [3.8, 4) is 0 Å². The lowest BCUT2D eigenvalue weighted by Crippen LogP contribution is -1.91. The van der Waals surface area contributed by atoms with Crippen molar-refractivity contribution in [1.29, 1.82) is 0 Å². The van der Waals surface area contributed by atoms with Crippen LogP contribution in [0.1, 0.15) is 5.69 Å². The summed E-state index contributed by atoms with van der Waals surface area (Å²) in [5.41, 5.74) is 1.03. The fourth-order valence-electron chi connectivity index (χ4n) is 1.06. The van der Waals surface area contributed by atoms with Crippen molar-refractivity contribution in [2.24, 2.45) is 7.05 Å². The van der Waals surface area contributed by atoms with Gasteiger partial charge in [0.2, 0.25) is 0 Å². The van der Waals surface area contributed by atoms with Gasteiger partial charge < -0.3 is 0 Å². The van der Waals surface area contributed by atoms with Gasteiger partial charge in [0.25, 0.3) is 0 Å². The van der Waals surface area contributed by atoms with E-state index >= 15 is 0 Å². The lowest BCUT2D eigenvalue weighted by atomic mass is 10.5. The fraction of sp³-hybridized carbons (Fsp3) is 0.250. The van der Waals surface area contributed by atoms with Gasteiger partial charge in [-0.2, -0.15) is 5.10 Å². The molecular weight excluding hydrogens is 282 g/mol. The second-order valence-electron chi connectivity index (χ2n) is 2.79. The molecule has 14 heavy (non-hydrogen) atoms. The van der Waals surface area contributed by atoms with Crippen molar-refractivity contribution in [3.63, 3.8) is 0 Å². The van der Waals surface area contributed by atoms with Gasteiger partial charge in [0.1, 0.15) is 9.63 Å². The number of aromatic nitrogens is 3. The van der Waals surface area contributed by atoms with E-state index in [1.165, 1.54) is 0 Å². The van der Waals surface area contributed by atoms with Crippen LogP contribution in [0.4, 0.5) is 0 Å². The number of halogens is 1. The molecule has 2 aromatic heterocycles. The maximum atomic E-state index is 4.31. The van der Waals surface area contributed by atoms with Crippen LogP contribution in [0, 0.1) is 6.92 Å². The molecule has 6 heteroatoms. The monoisotopic (exact) mass is 289 g/mol. The third kappa shape index (κ3) is 2.18. The highest BCUT2D eigenvalue weighted by atomic mass is 79.9. The summed E-state index contributed by atoms with van der Waals surface area (Å²) in [6, 6.07) is 2.06. The lowest BCUT2D eigenvalue weighted by molar-refractivity contribution is 0.692. The number of thiazole rings is 1. The normalized spacial score (nSPS) is 10.8. The first kappa shape index (κ1) is 10.2. The van der Waals surface area contributed by atoms with Crippen LogP contribution in [-0.4, -0.2) is 14.8 Å². The van der Waals surface area contributed by atoms with Gasteiger partial charge in [0.15, 0.2) is 4.34 Å². The van der Waals surface area contributed by atoms with Gasteiger partial charge in [-0.25, -0.2) is 4.98 Å². The molecule has 0 amide bonds. The standard InChI is InChI=1S/C8H8BrN3S2/c1-5-3-7(12(2)11-5)14-8-10-6(9)4-13-8/h3-4H,1-2H3. The van der Waals surface area contributed by atoms with E-state index in [4.69, 9.17) is 0 Å². The van der Waals surface area contributed by atoms with E-state index in [1.807, 2.05) is 24.0 Å². The molecule has 0 saturated carbocycles. The molecule has 0 saturated heterocycles. The third-order valence-corrected chi connectivity index (χ3v) is 4.35. The molecule has 74 valence electrons. The molecule has 0 aliphatic heterocycles. The Bertz CT molecular complexity index is 449. The van der Waals surface area contributed by atoms with Crippen LogP contribution in [0.3, 0.4) is 0 Å². The minimum absolute atomic E-state index is 0.892. The Morgan fingerprint density at radius 3 is 2.86 bits per heavy atom. The van der Waals surface area contributed by atoms with Crippen molar-refractivity contribution in [1.82, 2.24) is 14.8 Å². The van der Waals surface area contributed by atoms with Gasteiger partial charge >= 0.3 is 0 Å². The first-order valence-corrected chi connectivity index (χ1v) is 6.43. The van der Waals surface area contributed by atoms with Crippen LogP contribution in [0.25, 0.3) is 0 Å². The van der Waals surface area contributed by atoms with E-state index in [0.29, 0.717) is 0 Å². The summed E-state index contributed by atoms with van der Waals surface area (Å²) in [4.78, 5) is 4.31. The summed E-state index contributed by atoms with van der Waals surface area (Å²) in [5.74, 6) is 0. The lowest BCUT2D eigenvalue weighted by Gasteiger charge is -1.96. The highest BCUT2D eigenvalue weighted by Gasteiger charge is 2.06. The van der Waals surface area contributed by atoms with Crippen molar-refractivity contribution in [3.05, 3.63) is 21.7 Å². The zero-order chi connectivity index (χ0) is 10.1. The van der Waals surface area contributed by atoms with Crippen LogP contribution < -0.4 is 0 Å². The van der Waals surface area contributed by atoms with E-state index in [0.717, 1.165) is 19.7 Å². The van der Waals surface area contributed by atoms with Crippen molar-refractivity contribution in [2.75, 3.05) is 0 Å². The Morgan fingerprint density at radius 2 is 2.36 bits per heavy atom. The van der Waals surface area contributed by atoms with Gasteiger partial charge in [-0.3, -0.25) is 4.68 Å². The first-order chi connectivity index (χ1) is 6.65. The zero-order valence-corrected chi connectivity index (χ0v) is 10.9. The number of aryl methyl sites for hydroxylation is 2. The summed E-state index contributed by atoms with van der Waals surface area (Å²) in [7, 11) is 1.94. The molecule has 0 aromatic carbocycles. The van der Waals surface area contributed by atoms with Crippen LogP contribution >= 0.6 is 39.0 Å². The molecule has 2 aromatic rings. The zero-order valence-electron chi connectivity index (χ0n) is 7.69. The van der Waals surface area contributed by atoms with Gasteiger partial charge in [0.05, 0.1) is 5.69 Å². The Balaban J connectivity index is 2.22. The Labute approximate surface area is 98.7 Å². The second-order valence-corrected chi connectivity index (χ2v) is 5.72. The van der Waals surface area contributed by atoms with Gasteiger partial charge in [-0.05, 0) is 40.7 Å². The van der Waals surface area contributed by atoms with E-state index in [2.05, 4.69) is 32.1 Å². The molecule has 2 rings (SSSR count). The van der Waals surface area contributed by atoms with E-state index < -0.39 is 0 Å². The minimum Gasteiger partial charge on any atom is -0.261 e. The number of rotatable bonds is 2. The van der Waals surface area contributed by atoms with Crippen LogP contribution in [-0.2, 0) is 7.05 Å². The predicted octanol–water partition coefficient (Wildman–Crippen LogP) is 3.10. The van der Waals surface area contributed by atoms with Gasteiger partial charge in [0, 0.05) is 12.4 Å².